The predicted octanol–water partition coefficient (Wildman–Crippen LogP) is 10.6. The van der Waals surface area contributed by atoms with Crippen LogP contribution >= 0.6 is 25.1 Å². The number of hydrogen-bond acceptors (Lipinski definition) is 7. The summed E-state index contributed by atoms with van der Waals surface area (Å²) in [5.74, 6) is 1.43. The van der Waals surface area contributed by atoms with E-state index in [2.05, 4.69) is 42.5 Å². The highest BCUT2D eigenvalue weighted by Crippen LogP contribution is 2.42. The van der Waals surface area contributed by atoms with Crippen LogP contribution in [0.3, 0.4) is 0 Å². The first-order valence-electron chi connectivity index (χ1n) is 20.0. The number of halogens is 2. The molecular weight excluding hydrogens is 775 g/mol. The van der Waals surface area contributed by atoms with E-state index in [1.165, 1.54) is 0 Å². The molecule has 0 amide bonds. The first-order chi connectivity index (χ1) is 27.9. The molecule has 0 saturated carbocycles. The van der Waals surface area contributed by atoms with E-state index in [1.54, 1.807) is 0 Å². The first kappa shape index (κ1) is 43.6. The molecule has 4 atom stereocenters. The fourth-order valence-electron chi connectivity index (χ4n) is 7.31. The van der Waals surface area contributed by atoms with Gasteiger partial charge in [-0.1, -0.05) is 115 Å². The van der Waals surface area contributed by atoms with Gasteiger partial charge in [-0.05, 0) is 78.3 Å². The van der Waals surface area contributed by atoms with Crippen molar-refractivity contribution in [3.63, 3.8) is 0 Å². The van der Waals surface area contributed by atoms with Gasteiger partial charge in [0, 0.05) is 17.0 Å². The quantitative estimate of drug-likeness (QED) is 0.0724. The molecule has 2 saturated heterocycles. The maximum atomic E-state index is 14.8. The normalized spacial score (nSPS) is 19.8. The summed E-state index contributed by atoms with van der Waals surface area (Å²) < 4.78 is 59.1. The fourth-order valence-corrected chi connectivity index (χ4v) is 7.53. The molecule has 2 heterocycles. The average molecular weight is 829 g/mol. The third-order valence-electron chi connectivity index (χ3n) is 10.4. The van der Waals surface area contributed by atoms with Gasteiger partial charge in [0.25, 0.3) is 0 Å². The molecule has 5 aromatic rings. The zero-order valence-electron chi connectivity index (χ0n) is 33.0. The van der Waals surface area contributed by atoms with Crippen LogP contribution in [0.5, 0.6) is 11.5 Å². The summed E-state index contributed by atoms with van der Waals surface area (Å²) in [7, 11) is 0. The van der Waals surface area contributed by atoms with Gasteiger partial charge >= 0.3 is 0 Å². The molecule has 3 unspecified atom stereocenters. The summed E-state index contributed by atoms with van der Waals surface area (Å²) in [5, 5.41) is 0.580. The van der Waals surface area contributed by atoms with Crippen molar-refractivity contribution in [2.45, 2.75) is 82.5 Å². The predicted molar refractivity (Wildman–Crippen MR) is 230 cm³/mol. The molecule has 7 rings (SSSR count). The van der Waals surface area contributed by atoms with Crippen LogP contribution in [0.1, 0.15) is 65.7 Å². The topological polar surface area (TPSA) is 64.6 Å². The maximum Gasteiger partial charge on any atom is 0.157 e. The van der Waals surface area contributed by atoms with Crippen LogP contribution in [0.4, 0.5) is 4.39 Å². The smallest absolute Gasteiger partial charge is 0.157 e. The summed E-state index contributed by atoms with van der Waals surface area (Å²) in [4.78, 5) is 0. The van der Waals surface area contributed by atoms with E-state index in [1.807, 2.05) is 91.9 Å². The summed E-state index contributed by atoms with van der Waals surface area (Å²) >= 11 is 7.03. The lowest BCUT2D eigenvalue weighted by atomic mass is 9.91. The van der Waals surface area contributed by atoms with Crippen molar-refractivity contribution < 1.29 is 37.5 Å². The summed E-state index contributed by atoms with van der Waals surface area (Å²) in [6, 6.07) is 42.4. The minimum Gasteiger partial charge on any atom is -0.494 e. The van der Waals surface area contributed by atoms with E-state index in [0.717, 1.165) is 39.1 Å². The van der Waals surface area contributed by atoms with Gasteiger partial charge in [-0.3, -0.25) is 0 Å². The molecule has 58 heavy (non-hydrogen) atoms. The van der Waals surface area contributed by atoms with Crippen LogP contribution < -0.4 is 9.47 Å². The molecule has 2 aliphatic rings. The molecular formula is C48H54ClFO7S. The number of rotatable bonds is 20. The van der Waals surface area contributed by atoms with Crippen molar-refractivity contribution in [3.8, 4) is 11.5 Å². The van der Waals surface area contributed by atoms with Gasteiger partial charge in [0.1, 0.15) is 23.7 Å². The van der Waals surface area contributed by atoms with E-state index in [9.17, 15) is 4.39 Å². The van der Waals surface area contributed by atoms with Gasteiger partial charge in [-0.25, -0.2) is 4.39 Å². The molecule has 0 aromatic heterocycles. The van der Waals surface area contributed by atoms with Crippen molar-refractivity contribution in [2.24, 2.45) is 0 Å². The zero-order valence-corrected chi connectivity index (χ0v) is 34.8. The zero-order chi connectivity index (χ0) is 39.3. The number of benzene rings is 5. The van der Waals surface area contributed by atoms with E-state index in [-0.39, 0.29) is 39.4 Å². The minimum atomic E-state index is -1.29. The summed E-state index contributed by atoms with van der Waals surface area (Å²) in [6.07, 6.45) is 0.245. The van der Waals surface area contributed by atoms with E-state index in [0.29, 0.717) is 69.5 Å². The van der Waals surface area contributed by atoms with Crippen LogP contribution in [0.25, 0.3) is 0 Å². The number of ether oxygens (including phenoxy) is 7. The monoisotopic (exact) mass is 828 g/mol. The molecule has 308 valence electrons. The number of hydrogen-bond donors (Lipinski definition) is 0. The Morgan fingerprint density at radius 2 is 1.36 bits per heavy atom. The van der Waals surface area contributed by atoms with Gasteiger partial charge < -0.3 is 33.2 Å². The highest BCUT2D eigenvalue weighted by molar-refractivity contribution is 7.59. The largest absolute Gasteiger partial charge is 0.494 e. The van der Waals surface area contributed by atoms with Crippen molar-refractivity contribution in [3.05, 3.63) is 166 Å². The Bertz CT molecular complexity index is 1950. The van der Waals surface area contributed by atoms with Gasteiger partial charge in [0.05, 0.1) is 65.1 Å². The van der Waals surface area contributed by atoms with Crippen LogP contribution in [0.2, 0.25) is 5.02 Å². The summed E-state index contributed by atoms with van der Waals surface area (Å²) in [5.41, 5.74) is 4.78. The molecule has 7 nitrogen and oxygen atoms in total. The third kappa shape index (κ3) is 12.3. The summed E-state index contributed by atoms with van der Waals surface area (Å²) in [6.45, 7) is 4.65. The van der Waals surface area contributed by atoms with Gasteiger partial charge in [0.2, 0.25) is 0 Å². The van der Waals surface area contributed by atoms with Crippen molar-refractivity contribution in [1.29, 1.82) is 0 Å². The second-order valence-electron chi connectivity index (χ2n) is 14.8. The van der Waals surface area contributed by atoms with Gasteiger partial charge in [-0.2, -0.15) is 13.5 Å². The second kappa shape index (κ2) is 21.9. The Hall–Kier alpha value is -3.93. The van der Waals surface area contributed by atoms with Crippen molar-refractivity contribution in [1.82, 2.24) is 0 Å². The van der Waals surface area contributed by atoms with E-state index in [4.69, 9.17) is 44.8 Å². The molecule has 0 spiro atoms. The average Bonchev–Trinajstić information content (AvgIpc) is 3.23. The molecule has 0 N–H and O–H groups in total. The Kier molecular flexibility index (Phi) is 16.5. The van der Waals surface area contributed by atoms with Gasteiger partial charge in [-0.15, -0.1) is 0 Å². The molecule has 0 radical (unpaired) electrons. The molecule has 10 heteroatoms. The molecule has 2 aliphatic heterocycles. The Labute approximate surface area is 354 Å². The highest BCUT2D eigenvalue weighted by atomic mass is 35.5. The minimum absolute atomic E-state index is 0. The van der Waals surface area contributed by atoms with Gasteiger partial charge in [0.15, 0.2) is 5.67 Å². The fraction of sp³-hybridized carbons (Fsp3) is 0.375. The molecule has 2 fully saturated rings. The Balaban J connectivity index is 0.00000567. The lowest BCUT2D eigenvalue weighted by Gasteiger charge is -2.42. The standard InChI is InChI=1S/C48H52ClFO7.H2S/c1-2-53-40-21-19-35(20-22-40)25-39-26-41(43(27-42(39)49)54-24-12-23-48(50)33-52-34-48)44-28-45(55-30-37-15-8-4-9-16-37)47(56-31-38-17-10-5-11-18-38)46(57-44)32-51-29-36-13-6-3-7-14-36;/h3-11,13-22,26-27,44-47H,2,12,23-25,28-34H2,1H3;1H2/t44?,45?,46?,47-;/m0./s1. The van der Waals surface area contributed by atoms with E-state index < -0.39 is 24.0 Å². The Morgan fingerprint density at radius 1 is 0.741 bits per heavy atom. The van der Waals surface area contributed by atoms with Crippen LogP contribution in [0.15, 0.2) is 127 Å². The van der Waals surface area contributed by atoms with E-state index >= 15 is 0 Å². The van der Waals surface area contributed by atoms with Crippen molar-refractivity contribution >= 4 is 25.1 Å². The first-order valence-corrected chi connectivity index (χ1v) is 20.3. The Morgan fingerprint density at radius 3 is 1.97 bits per heavy atom. The van der Waals surface area contributed by atoms with Crippen LogP contribution in [-0.4, -0.2) is 57.0 Å². The molecule has 0 bridgehead atoms. The molecule has 0 aliphatic carbocycles. The van der Waals surface area contributed by atoms with Crippen LogP contribution in [-0.2, 0) is 49.9 Å². The van der Waals surface area contributed by atoms with Crippen LogP contribution in [0, 0.1) is 0 Å². The lowest BCUT2D eigenvalue weighted by Crippen LogP contribution is -2.50. The molecule has 5 aromatic carbocycles. The maximum absolute atomic E-state index is 14.8. The SMILES string of the molecule is CCOc1ccc(Cc2cc(C3CC(OCc4ccccc4)[C@H](OCc4ccccc4)C(COCc4ccccc4)O3)c(OCCCC3(F)COC3)cc2Cl)cc1.S. The third-order valence-corrected chi connectivity index (χ3v) is 10.8. The lowest BCUT2D eigenvalue weighted by molar-refractivity contribution is -0.222. The number of alkyl halides is 1. The second-order valence-corrected chi connectivity index (χ2v) is 15.2. The van der Waals surface area contributed by atoms with Crippen molar-refractivity contribution in [2.75, 3.05) is 33.0 Å². The highest BCUT2D eigenvalue weighted by Gasteiger charge is 2.42.